The topological polar surface area (TPSA) is 57.2 Å². The van der Waals surface area contributed by atoms with Gasteiger partial charge in [0.1, 0.15) is 10.1 Å². The first-order valence-electron chi connectivity index (χ1n) is 3.66. The smallest absolute Gasteiger partial charge is 0.747 e. The minimum absolute atomic E-state index is 0. The predicted octanol–water partition coefficient (Wildman–Crippen LogP) is -1.80. The van der Waals surface area contributed by atoms with Crippen LogP contribution in [-0.4, -0.2) is 17.7 Å². The fourth-order valence-electron chi connectivity index (χ4n) is 1.26. The van der Waals surface area contributed by atoms with E-state index in [0.29, 0.717) is 6.42 Å². The van der Waals surface area contributed by atoms with Gasteiger partial charge in [-0.3, -0.25) is 0 Å². The van der Waals surface area contributed by atoms with Crippen molar-refractivity contribution in [2.75, 3.05) is 0 Å². The standard InChI is InChI=1S/C8H12O3S.Na/c1-7-4-3-5-8(2,6-7)12(9,10)11;/h3-5H,6H2,1-2H3,(H,9,10,11);/q;+1/p-1. The summed E-state index contributed by atoms with van der Waals surface area (Å²) in [6.07, 6.45) is 5.18. The maximum atomic E-state index is 10.8. The van der Waals surface area contributed by atoms with Crippen LogP contribution in [0.5, 0.6) is 0 Å². The Bertz CT molecular complexity index is 342. The molecule has 13 heavy (non-hydrogen) atoms. The molecule has 0 saturated heterocycles. The number of hydrogen-bond donors (Lipinski definition) is 0. The van der Waals surface area contributed by atoms with E-state index < -0.39 is 14.9 Å². The fraction of sp³-hybridized carbons (Fsp3) is 0.500. The molecule has 0 aromatic carbocycles. The zero-order valence-corrected chi connectivity index (χ0v) is 10.9. The van der Waals surface area contributed by atoms with Crippen LogP contribution in [0.4, 0.5) is 0 Å². The summed E-state index contributed by atoms with van der Waals surface area (Å²) in [5.41, 5.74) is 0.916. The summed E-state index contributed by atoms with van der Waals surface area (Å²) in [6, 6.07) is 0. The Morgan fingerprint density at radius 1 is 1.54 bits per heavy atom. The molecule has 3 nitrogen and oxygen atoms in total. The Morgan fingerprint density at radius 3 is 2.38 bits per heavy atom. The zero-order chi connectivity index (χ0) is 9.41. The van der Waals surface area contributed by atoms with Crippen molar-refractivity contribution in [3.8, 4) is 0 Å². The summed E-state index contributed by atoms with van der Waals surface area (Å²) in [7, 11) is -4.24. The first-order chi connectivity index (χ1) is 5.35. The van der Waals surface area contributed by atoms with Crippen molar-refractivity contribution in [3.63, 3.8) is 0 Å². The van der Waals surface area contributed by atoms with Crippen molar-refractivity contribution in [3.05, 3.63) is 23.8 Å². The van der Waals surface area contributed by atoms with Crippen LogP contribution in [-0.2, 0) is 10.1 Å². The minimum atomic E-state index is -4.24. The van der Waals surface area contributed by atoms with E-state index in [9.17, 15) is 13.0 Å². The molecule has 0 amide bonds. The zero-order valence-electron chi connectivity index (χ0n) is 8.07. The van der Waals surface area contributed by atoms with Crippen molar-refractivity contribution < 1.29 is 42.5 Å². The van der Waals surface area contributed by atoms with Gasteiger partial charge in [-0.15, -0.1) is 0 Å². The van der Waals surface area contributed by atoms with E-state index in [4.69, 9.17) is 0 Å². The normalized spacial score (nSPS) is 27.8. The quantitative estimate of drug-likeness (QED) is 0.379. The third kappa shape index (κ3) is 2.92. The largest absolute Gasteiger partial charge is 1.00 e. The van der Waals surface area contributed by atoms with E-state index in [-0.39, 0.29) is 29.6 Å². The SMILES string of the molecule is CC1=CC=CC(C)(S(=O)(=O)[O-])C1.[Na+]. The van der Waals surface area contributed by atoms with Gasteiger partial charge in [0.15, 0.2) is 0 Å². The van der Waals surface area contributed by atoms with E-state index in [1.165, 1.54) is 13.0 Å². The second-order valence-corrected chi connectivity index (χ2v) is 5.16. The molecule has 0 bridgehead atoms. The van der Waals surface area contributed by atoms with Crippen molar-refractivity contribution in [2.45, 2.75) is 25.0 Å². The van der Waals surface area contributed by atoms with Gasteiger partial charge in [-0.25, -0.2) is 8.42 Å². The Hall–Kier alpha value is 0.390. The molecule has 0 radical (unpaired) electrons. The average molecular weight is 210 g/mol. The Balaban J connectivity index is 0.00000144. The molecule has 0 saturated carbocycles. The molecule has 1 aliphatic carbocycles. The number of allylic oxidation sites excluding steroid dienone is 3. The van der Waals surface area contributed by atoms with Crippen LogP contribution in [0.15, 0.2) is 23.8 Å². The first-order valence-corrected chi connectivity index (χ1v) is 5.06. The Labute approximate surface area is 101 Å². The monoisotopic (exact) mass is 210 g/mol. The van der Waals surface area contributed by atoms with Crippen molar-refractivity contribution in [1.29, 1.82) is 0 Å². The van der Waals surface area contributed by atoms with E-state index in [0.717, 1.165) is 5.57 Å². The van der Waals surface area contributed by atoms with Gasteiger partial charge in [0, 0.05) is 0 Å². The second-order valence-electron chi connectivity index (χ2n) is 3.32. The molecule has 0 heterocycles. The van der Waals surface area contributed by atoms with Gasteiger partial charge < -0.3 is 4.55 Å². The average Bonchev–Trinajstić information content (AvgIpc) is 1.83. The molecular weight excluding hydrogens is 199 g/mol. The van der Waals surface area contributed by atoms with Gasteiger partial charge >= 0.3 is 29.6 Å². The van der Waals surface area contributed by atoms with E-state index in [1.807, 2.05) is 13.0 Å². The van der Waals surface area contributed by atoms with Crippen LogP contribution < -0.4 is 29.6 Å². The Morgan fingerprint density at radius 2 is 2.08 bits per heavy atom. The maximum absolute atomic E-state index is 10.8. The van der Waals surface area contributed by atoms with Gasteiger partial charge in [-0.1, -0.05) is 23.8 Å². The summed E-state index contributed by atoms with van der Waals surface area (Å²) < 4.78 is 31.2. The van der Waals surface area contributed by atoms with Gasteiger partial charge in [-0.05, 0) is 20.3 Å². The molecule has 1 rings (SSSR count). The Kier molecular flexibility index (Phi) is 4.40. The maximum Gasteiger partial charge on any atom is 1.00 e. The summed E-state index contributed by atoms with van der Waals surface area (Å²) in [4.78, 5) is 0. The minimum Gasteiger partial charge on any atom is -0.747 e. The van der Waals surface area contributed by atoms with Gasteiger partial charge in [-0.2, -0.15) is 0 Å². The van der Waals surface area contributed by atoms with Crippen molar-refractivity contribution in [2.24, 2.45) is 0 Å². The van der Waals surface area contributed by atoms with E-state index >= 15 is 0 Å². The molecule has 0 aliphatic heterocycles. The number of hydrogen-bond acceptors (Lipinski definition) is 3. The molecule has 1 aliphatic rings. The van der Waals surface area contributed by atoms with Crippen molar-refractivity contribution >= 4 is 10.1 Å². The molecule has 1 atom stereocenters. The molecule has 0 spiro atoms. The molecule has 0 aromatic rings. The second kappa shape index (κ2) is 4.28. The third-order valence-corrected chi connectivity index (χ3v) is 3.45. The van der Waals surface area contributed by atoms with Crippen LogP contribution in [0, 0.1) is 0 Å². The van der Waals surface area contributed by atoms with Crippen LogP contribution >= 0.6 is 0 Å². The molecule has 0 N–H and O–H groups in total. The summed E-state index contributed by atoms with van der Waals surface area (Å²) >= 11 is 0. The summed E-state index contributed by atoms with van der Waals surface area (Å²) in [5, 5.41) is 0. The summed E-state index contributed by atoms with van der Waals surface area (Å²) in [6.45, 7) is 3.26. The summed E-state index contributed by atoms with van der Waals surface area (Å²) in [5.74, 6) is 0. The van der Waals surface area contributed by atoms with Gasteiger partial charge in [0.05, 0.1) is 4.75 Å². The van der Waals surface area contributed by atoms with Gasteiger partial charge in [0.25, 0.3) is 0 Å². The van der Waals surface area contributed by atoms with Crippen LogP contribution in [0.1, 0.15) is 20.3 Å². The van der Waals surface area contributed by atoms with Crippen LogP contribution in [0.2, 0.25) is 0 Å². The number of rotatable bonds is 1. The van der Waals surface area contributed by atoms with E-state index in [2.05, 4.69) is 0 Å². The van der Waals surface area contributed by atoms with Crippen LogP contribution in [0.3, 0.4) is 0 Å². The van der Waals surface area contributed by atoms with Gasteiger partial charge in [0.2, 0.25) is 0 Å². The predicted molar refractivity (Wildman–Crippen MR) is 45.6 cm³/mol. The fourth-order valence-corrected chi connectivity index (χ4v) is 1.91. The molecule has 68 valence electrons. The van der Waals surface area contributed by atoms with Crippen LogP contribution in [0.25, 0.3) is 0 Å². The molecule has 0 aromatic heterocycles. The van der Waals surface area contributed by atoms with Crippen molar-refractivity contribution in [1.82, 2.24) is 0 Å². The molecular formula is C8H11NaO3S. The molecule has 5 heteroatoms. The molecule has 0 fully saturated rings. The first kappa shape index (κ1) is 13.4. The molecule has 1 unspecified atom stereocenters. The van der Waals surface area contributed by atoms with E-state index in [1.54, 1.807) is 6.08 Å². The third-order valence-electron chi connectivity index (χ3n) is 2.03.